The molecule has 4 nitrogen and oxygen atoms in total. The monoisotopic (exact) mass is 349 g/mol. The second-order valence-corrected chi connectivity index (χ2v) is 7.36. The van der Waals surface area contributed by atoms with Crippen LogP contribution in [0.5, 0.6) is 0 Å². The Hall–Kier alpha value is -2.88. The lowest BCUT2D eigenvalue weighted by Crippen LogP contribution is -2.30. The first kappa shape index (κ1) is 17.9. The molecule has 1 heterocycles. The van der Waals surface area contributed by atoms with Gasteiger partial charge in [0.25, 0.3) is 0 Å². The minimum absolute atomic E-state index is 0.323. The first-order valence-corrected chi connectivity index (χ1v) is 8.71. The number of nitrogens with zero attached hydrogens (tertiary/aromatic N) is 1. The van der Waals surface area contributed by atoms with Crippen molar-refractivity contribution >= 4 is 24.4 Å². The van der Waals surface area contributed by atoms with Gasteiger partial charge in [-0.1, -0.05) is 36.4 Å². The van der Waals surface area contributed by atoms with Gasteiger partial charge in [-0.25, -0.2) is 4.79 Å². The number of fused-ring (bicyclic) bond motifs is 1. The van der Waals surface area contributed by atoms with Crippen LogP contribution in [0.25, 0.3) is 12.2 Å². The van der Waals surface area contributed by atoms with Crippen LogP contribution >= 0.6 is 0 Å². The third-order valence-corrected chi connectivity index (χ3v) is 4.11. The number of esters is 1. The fourth-order valence-corrected chi connectivity index (χ4v) is 2.95. The van der Waals surface area contributed by atoms with Crippen molar-refractivity contribution in [3.63, 3.8) is 0 Å². The molecule has 0 radical (unpaired) electrons. The van der Waals surface area contributed by atoms with Crippen LogP contribution in [0.2, 0.25) is 0 Å². The fraction of sp³-hybridized carbons (Fsp3) is 0.273. The summed E-state index contributed by atoms with van der Waals surface area (Å²) in [5.74, 6) is -0.323. The molecule has 0 N–H and O–H groups in total. The predicted molar refractivity (Wildman–Crippen MR) is 102 cm³/mol. The number of carbonyl (C=O) groups excluding carboxylic acids is 2. The number of ether oxygens (including phenoxy) is 1. The number of allylic oxidation sites excluding steroid dienone is 2. The molecule has 26 heavy (non-hydrogen) atoms. The summed E-state index contributed by atoms with van der Waals surface area (Å²) in [6.07, 6.45) is 11.8. The molecule has 0 unspecified atom stereocenters. The number of rotatable bonds is 4. The van der Waals surface area contributed by atoms with Gasteiger partial charge in [-0.05, 0) is 44.9 Å². The highest BCUT2D eigenvalue weighted by atomic mass is 16.6. The maximum atomic E-state index is 12.1. The smallest absolute Gasteiger partial charge is 0.338 e. The van der Waals surface area contributed by atoms with Crippen LogP contribution in [-0.4, -0.2) is 22.4 Å². The summed E-state index contributed by atoms with van der Waals surface area (Å²) in [5.41, 5.74) is 1.77. The van der Waals surface area contributed by atoms with Gasteiger partial charge in [0.2, 0.25) is 0 Å². The Balaban J connectivity index is 1.85. The van der Waals surface area contributed by atoms with Crippen LogP contribution in [-0.2, 0) is 11.3 Å². The van der Waals surface area contributed by atoms with E-state index in [9.17, 15) is 9.59 Å². The molecule has 0 bridgehead atoms. The van der Waals surface area contributed by atoms with Crippen LogP contribution in [0.4, 0.5) is 0 Å². The number of hydrogen-bond donors (Lipinski definition) is 0. The summed E-state index contributed by atoms with van der Waals surface area (Å²) in [5, 5.41) is 2.01. The number of aldehydes is 1. The maximum absolute atomic E-state index is 12.1. The van der Waals surface area contributed by atoms with E-state index in [0.717, 1.165) is 28.8 Å². The Labute approximate surface area is 153 Å². The molecule has 2 aromatic rings. The molecule has 1 aromatic heterocycles. The molecule has 0 fully saturated rings. The zero-order valence-corrected chi connectivity index (χ0v) is 15.4. The van der Waals surface area contributed by atoms with E-state index < -0.39 is 5.60 Å². The Kier molecular flexibility index (Phi) is 4.94. The molecule has 1 aliphatic carbocycles. The molecule has 0 atom stereocenters. The minimum atomic E-state index is -0.510. The van der Waals surface area contributed by atoms with Crippen LogP contribution in [0.3, 0.4) is 0 Å². The van der Waals surface area contributed by atoms with Crippen LogP contribution in [0.1, 0.15) is 53.5 Å². The van der Waals surface area contributed by atoms with Crippen LogP contribution in [0.15, 0.2) is 42.6 Å². The Morgan fingerprint density at radius 2 is 1.96 bits per heavy atom. The van der Waals surface area contributed by atoms with Gasteiger partial charge in [-0.3, -0.25) is 4.79 Å². The highest BCUT2D eigenvalue weighted by molar-refractivity contribution is 5.89. The molecule has 0 saturated carbocycles. The van der Waals surface area contributed by atoms with Crippen molar-refractivity contribution < 1.29 is 14.3 Å². The maximum Gasteiger partial charge on any atom is 0.338 e. The molecular weight excluding hydrogens is 326 g/mol. The molecule has 0 amide bonds. The van der Waals surface area contributed by atoms with Gasteiger partial charge in [-0.2, -0.15) is 0 Å². The Bertz CT molecular complexity index is 970. The fourth-order valence-electron chi connectivity index (χ4n) is 2.95. The van der Waals surface area contributed by atoms with Gasteiger partial charge >= 0.3 is 5.97 Å². The molecule has 4 heteroatoms. The average Bonchev–Trinajstić information content (AvgIpc) is 2.75. The quantitative estimate of drug-likeness (QED) is 0.630. The molecular formula is C22H23NO3. The summed E-state index contributed by atoms with van der Waals surface area (Å²) in [4.78, 5) is 23.5. The lowest BCUT2D eigenvalue weighted by atomic mass is 10.1. The van der Waals surface area contributed by atoms with Gasteiger partial charge in [0, 0.05) is 28.9 Å². The van der Waals surface area contributed by atoms with Crippen LogP contribution in [0, 0.1) is 0 Å². The molecule has 1 aromatic carbocycles. The van der Waals surface area contributed by atoms with Crippen molar-refractivity contribution in [2.24, 2.45) is 0 Å². The number of carbonyl (C=O) groups is 2. The zero-order valence-electron chi connectivity index (χ0n) is 15.4. The van der Waals surface area contributed by atoms with E-state index in [1.807, 2.05) is 51.3 Å². The lowest BCUT2D eigenvalue weighted by molar-refractivity contribution is 0.00694. The lowest BCUT2D eigenvalue weighted by Gasteiger charge is -2.19. The van der Waals surface area contributed by atoms with Gasteiger partial charge in [0.15, 0.2) is 6.29 Å². The number of aromatic nitrogens is 1. The first-order chi connectivity index (χ1) is 12.4. The van der Waals surface area contributed by atoms with E-state index in [2.05, 4.69) is 16.7 Å². The second-order valence-electron chi connectivity index (χ2n) is 7.36. The molecule has 0 aliphatic heterocycles. The minimum Gasteiger partial charge on any atom is -0.456 e. The van der Waals surface area contributed by atoms with E-state index >= 15 is 0 Å². The summed E-state index contributed by atoms with van der Waals surface area (Å²) < 4.78 is 7.46. The highest BCUT2D eigenvalue weighted by Gasteiger charge is 2.17. The summed E-state index contributed by atoms with van der Waals surface area (Å²) >= 11 is 0. The van der Waals surface area contributed by atoms with Crippen molar-refractivity contribution in [2.75, 3.05) is 0 Å². The largest absolute Gasteiger partial charge is 0.456 e. The Morgan fingerprint density at radius 1 is 1.23 bits per heavy atom. The first-order valence-electron chi connectivity index (χ1n) is 8.71. The molecule has 1 aliphatic rings. The van der Waals surface area contributed by atoms with Gasteiger partial charge < -0.3 is 9.30 Å². The predicted octanol–water partition coefficient (Wildman–Crippen LogP) is 2.83. The molecule has 0 saturated heterocycles. The SMILES string of the molecule is CC(C)(C)OC(=O)c1ccc(Cn2cc(C=O)c3c2=CCC=CC=3)cc1. The average molecular weight is 349 g/mol. The molecule has 0 spiro atoms. The van der Waals surface area contributed by atoms with Crippen molar-refractivity contribution in [3.8, 4) is 0 Å². The van der Waals surface area contributed by atoms with Crippen molar-refractivity contribution in [1.82, 2.24) is 4.57 Å². The normalized spacial score (nSPS) is 13.2. The van der Waals surface area contributed by atoms with Gasteiger partial charge in [0.1, 0.15) is 5.60 Å². The van der Waals surface area contributed by atoms with Crippen molar-refractivity contribution in [1.29, 1.82) is 0 Å². The standard InChI is InChI=1S/C22H23NO3/c1-22(2,3)26-21(25)17-11-9-16(10-12-17)13-23-14-18(15-24)19-7-5-4-6-8-20(19)23/h4-5,7-12,14-15H,6,13H2,1-3H3. The number of hydrogen-bond acceptors (Lipinski definition) is 3. The van der Waals surface area contributed by atoms with E-state index in [1.54, 1.807) is 12.1 Å². The summed E-state index contributed by atoms with van der Waals surface area (Å²) in [7, 11) is 0. The zero-order chi connectivity index (χ0) is 18.7. The van der Waals surface area contributed by atoms with E-state index in [0.29, 0.717) is 17.7 Å². The van der Waals surface area contributed by atoms with E-state index in [1.165, 1.54) is 0 Å². The van der Waals surface area contributed by atoms with Crippen molar-refractivity contribution in [3.05, 3.63) is 69.9 Å². The third-order valence-electron chi connectivity index (χ3n) is 4.11. The summed E-state index contributed by atoms with van der Waals surface area (Å²) in [6, 6.07) is 7.41. The number of benzene rings is 1. The van der Waals surface area contributed by atoms with Crippen LogP contribution < -0.4 is 10.6 Å². The van der Waals surface area contributed by atoms with Gasteiger partial charge in [0.05, 0.1) is 5.56 Å². The van der Waals surface area contributed by atoms with Crippen molar-refractivity contribution in [2.45, 2.75) is 39.3 Å². The third kappa shape index (κ3) is 4.02. The Morgan fingerprint density at radius 3 is 2.62 bits per heavy atom. The van der Waals surface area contributed by atoms with Gasteiger partial charge in [-0.15, -0.1) is 0 Å². The molecule has 134 valence electrons. The van der Waals surface area contributed by atoms with E-state index in [4.69, 9.17) is 4.74 Å². The van der Waals surface area contributed by atoms with E-state index in [-0.39, 0.29) is 5.97 Å². The topological polar surface area (TPSA) is 48.3 Å². The highest BCUT2D eigenvalue weighted by Crippen LogP contribution is 2.13. The second kappa shape index (κ2) is 7.16. The summed E-state index contributed by atoms with van der Waals surface area (Å²) in [6.45, 7) is 6.19. The molecule has 3 rings (SSSR count).